The van der Waals surface area contributed by atoms with Gasteiger partial charge in [0.25, 0.3) is 0 Å². The molecule has 0 fully saturated rings. The summed E-state index contributed by atoms with van der Waals surface area (Å²) in [5, 5.41) is 11.7. The third kappa shape index (κ3) is 5.15. The molecule has 4 rings (SSSR count). The number of anilines is 2. The molecule has 0 saturated carbocycles. The van der Waals surface area contributed by atoms with Crippen LogP contribution in [0.25, 0.3) is 16.2 Å². The lowest BCUT2D eigenvalue weighted by molar-refractivity contribution is -0.116. The van der Waals surface area contributed by atoms with Crippen molar-refractivity contribution in [2.45, 2.75) is 33.6 Å². The van der Waals surface area contributed by atoms with Crippen molar-refractivity contribution in [3.8, 4) is 11.3 Å². The molecule has 0 radical (unpaired) electrons. The lowest BCUT2D eigenvalue weighted by atomic mass is 10.0. The van der Waals surface area contributed by atoms with Gasteiger partial charge in [-0.1, -0.05) is 24.3 Å². The van der Waals surface area contributed by atoms with Gasteiger partial charge in [0, 0.05) is 42.0 Å². The Bertz CT molecular complexity index is 1350. The summed E-state index contributed by atoms with van der Waals surface area (Å²) in [4.78, 5) is 41.0. The van der Waals surface area contributed by atoms with Crippen molar-refractivity contribution in [1.82, 2.24) is 14.6 Å². The topological polar surface area (TPSA) is 105 Å². The first-order valence-electron chi connectivity index (χ1n) is 10.4. The Labute approximate surface area is 194 Å². The fourth-order valence-corrected chi connectivity index (χ4v) is 4.16. The second-order valence-electron chi connectivity index (χ2n) is 7.78. The number of nitrogens with one attached hydrogen (secondary N) is 2. The number of ketones is 1. The van der Waals surface area contributed by atoms with E-state index in [-0.39, 0.29) is 36.4 Å². The Kier molecular flexibility index (Phi) is 6.32. The van der Waals surface area contributed by atoms with E-state index in [0.717, 1.165) is 22.4 Å². The van der Waals surface area contributed by atoms with Crippen molar-refractivity contribution in [3.05, 3.63) is 64.5 Å². The van der Waals surface area contributed by atoms with Crippen LogP contribution in [0.3, 0.4) is 0 Å². The van der Waals surface area contributed by atoms with Crippen molar-refractivity contribution in [2.75, 3.05) is 10.6 Å². The van der Waals surface area contributed by atoms with Crippen molar-refractivity contribution in [3.63, 3.8) is 0 Å². The molecule has 0 unspecified atom stereocenters. The maximum atomic E-state index is 12.4. The van der Waals surface area contributed by atoms with Gasteiger partial charge in [0.1, 0.15) is 0 Å². The lowest BCUT2D eigenvalue weighted by Crippen LogP contribution is -2.14. The van der Waals surface area contributed by atoms with Crippen LogP contribution in [0.5, 0.6) is 0 Å². The molecular weight excluding hydrogens is 438 g/mol. The molecule has 0 aliphatic rings. The van der Waals surface area contributed by atoms with Gasteiger partial charge in [-0.2, -0.15) is 4.98 Å². The number of carbonyl (C=O) groups excluding carboxylic acids is 3. The van der Waals surface area contributed by atoms with Crippen LogP contribution in [-0.2, 0) is 9.59 Å². The quantitative estimate of drug-likeness (QED) is 0.390. The van der Waals surface area contributed by atoms with Gasteiger partial charge < -0.3 is 5.32 Å². The fraction of sp³-hybridized carbons (Fsp3) is 0.208. The molecule has 4 aromatic rings. The largest absolute Gasteiger partial charge is 0.326 e. The van der Waals surface area contributed by atoms with E-state index < -0.39 is 0 Å². The number of aryl methyl sites for hydroxylation is 2. The van der Waals surface area contributed by atoms with Crippen molar-refractivity contribution in [1.29, 1.82) is 0 Å². The molecule has 0 bridgehead atoms. The molecule has 2 amide bonds. The highest BCUT2D eigenvalue weighted by Crippen LogP contribution is 2.27. The second kappa shape index (κ2) is 9.33. The zero-order valence-corrected chi connectivity index (χ0v) is 19.3. The molecule has 168 valence electrons. The SMILES string of the molecule is CC(=O)Nc1ccc(-c2csc3nc(NC(=O)CCC(=O)c4ccc(C)c(C)c4)nn23)cc1. The molecule has 2 N–H and O–H groups in total. The molecular formula is C24H23N5O3S. The lowest BCUT2D eigenvalue weighted by Gasteiger charge is -2.05. The highest BCUT2D eigenvalue weighted by Gasteiger charge is 2.15. The molecule has 2 heterocycles. The summed E-state index contributed by atoms with van der Waals surface area (Å²) in [5.41, 5.74) is 5.21. The predicted molar refractivity (Wildman–Crippen MR) is 129 cm³/mol. The smallest absolute Gasteiger partial charge is 0.250 e. The highest BCUT2D eigenvalue weighted by atomic mass is 32.1. The van der Waals surface area contributed by atoms with Crippen molar-refractivity contribution >= 4 is 45.5 Å². The first-order chi connectivity index (χ1) is 15.8. The Morgan fingerprint density at radius 3 is 2.42 bits per heavy atom. The Hall–Kier alpha value is -3.85. The van der Waals surface area contributed by atoms with Crippen molar-refractivity contribution in [2.24, 2.45) is 0 Å². The van der Waals surface area contributed by atoms with Gasteiger partial charge in [-0.25, -0.2) is 4.52 Å². The van der Waals surface area contributed by atoms with Crippen LogP contribution >= 0.6 is 11.3 Å². The molecule has 8 nitrogen and oxygen atoms in total. The van der Waals surface area contributed by atoms with E-state index in [2.05, 4.69) is 20.7 Å². The summed E-state index contributed by atoms with van der Waals surface area (Å²) in [7, 11) is 0. The molecule has 0 spiro atoms. The van der Waals surface area contributed by atoms with E-state index in [0.29, 0.717) is 16.2 Å². The molecule has 2 aromatic heterocycles. The van der Waals surface area contributed by atoms with Crippen molar-refractivity contribution < 1.29 is 14.4 Å². The fourth-order valence-electron chi connectivity index (χ4n) is 3.33. The number of Topliss-reactive ketones (excluding diaryl/α,β-unsaturated/α-hetero) is 1. The van der Waals surface area contributed by atoms with E-state index >= 15 is 0 Å². The Morgan fingerprint density at radius 2 is 1.73 bits per heavy atom. The number of hydrogen-bond acceptors (Lipinski definition) is 6. The predicted octanol–water partition coefficient (Wildman–Crippen LogP) is 4.63. The van der Waals surface area contributed by atoms with Crippen LogP contribution in [0.4, 0.5) is 11.6 Å². The standard InChI is InChI=1S/C24H23N5O3S/c1-14-4-5-18(12-15(14)2)21(31)10-11-22(32)26-23-27-24-29(28-23)20(13-33-24)17-6-8-19(9-7-17)25-16(3)30/h4-9,12-13H,10-11H2,1-3H3,(H,25,30)(H,26,28,32). The van der Waals surface area contributed by atoms with Crippen LogP contribution in [0.2, 0.25) is 0 Å². The summed E-state index contributed by atoms with van der Waals surface area (Å²) < 4.78 is 1.66. The number of rotatable bonds is 7. The maximum Gasteiger partial charge on any atom is 0.250 e. The zero-order chi connectivity index (χ0) is 23.5. The van der Waals surface area contributed by atoms with Gasteiger partial charge in [-0.05, 0) is 43.2 Å². The number of amides is 2. The highest BCUT2D eigenvalue weighted by molar-refractivity contribution is 7.15. The van der Waals surface area contributed by atoms with Gasteiger partial charge in [0.15, 0.2) is 5.78 Å². The molecule has 0 aliphatic carbocycles. The molecule has 0 aliphatic heterocycles. The molecule has 2 aromatic carbocycles. The third-order valence-corrected chi connectivity index (χ3v) is 6.06. The minimum Gasteiger partial charge on any atom is -0.326 e. The summed E-state index contributed by atoms with van der Waals surface area (Å²) in [5.74, 6) is -0.321. The zero-order valence-electron chi connectivity index (χ0n) is 18.5. The summed E-state index contributed by atoms with van der Waals surface area (Å²) in [6.45, 7) is 5.41. The normalized spacial score (nSPS) is 10.9. The number of benzene rings is 2. The van der Waals surface area contributed by atoms with Gasteiger partial charge >= 0.3 is 0 Å². The van der Waals surface area contributed by atoms with E-state index in [1.807, 2.05) is 55.6 Å². The van der Waals surface area contributed by atoms with Crippen LogP contribution in [0.1, 0.15) is 41.3 Å². The summed E-state index contributed by atoms with van der Waals surface area (Å²) in [6.07, 6.45) is 0.165. The molecule has 33 heavy (non-hydrogen) atoms. The van der Waals surface area contributed by atoms with E-state index in [1.54, 1.807) is 10.6 Å². The Morgan fingerprint density at radius 1 is 0.970 bits per heavy atom. The van der Waals surface area contributed by atoms with E-state index in [1.165, 1.54) is 18.3 Å². The number of hydrogen-bond donors (Lipinski definition) is 2. The maximum absolute atomic E-state index is 12.4. The van der Waals surface area contributed by atoms with Crippen LogP contribution < -0.4 is 10.6 Å². The summed E-state index contributed by atoms with van der Waals surface area (Å²) >= 11 is 1.40. The minimum atomic E-state index is -0.313. The van der Waals surface area contributed by atoms with Crippen LogP contribution in [-0.4, -0.2) is 32.2 Å². The van der Waals surface area contributed by atoms with Gasteiger partial charge in [0.2, 0.25) is 22.7 Å². The number of fused-ring (bicyclic) bond motifs is 1. The number of nitrogens with zero attached hydrogens (tertiary/aromatic N) is 3. The second-order valence-corrected chi connectivity index (χ2v) is 8.62. The molecule has 9 heteroatoms. The number of aromatic nitrogens is 3. The van der Waals surface area contributed by atoms with Gasteiger partial charge in [-0.15, -0.1) is 16.4 Å². The Balaban J connectivity index is 1.40. The number of thiazole rings is 1. The average Bonchev–Trinajstić information content (AvgIpc) is 3.34. The third-order valence-electron chi connectivity index (χ3n) is 5.24. The van der Waals surface area contributed by atoms with Crippen LogP contribution in [0, 0.1) is 13.8 Å². The van der Waals surface area contributed by atoms with Gasteiger partial charge in [-0.3, -0.25) is 19.7 Å². The monoisotopic (exact) mass is 461 g/mol. The average molecular weight is 462 g/mol. The number of carbonyl (C=O) groups is 3. The van der Waals surface area contributed by atoms with E-state index in [9.17, 15) is 14.4 Å². The minimum absolute atomic E-state index is 0.0517. The first kappa shape index (κ1) is 22.3. The summed E-state index contributed by atoms with van der Waals surface area (Å²) in [6, 6.07) is 12.9. The molecule has 0 atom stereocenters. The van der Waals surface area contributed by atoms with Crippen LogP contribution in [0.15, 0.2) is 47.8 Å². The first-order valence-corrected chi connectivity index (χ1v) is 11.3. The van der Waals surface area contributed by atoms with Gasteiger partial charge in [0.05, 0.1) is 5.69 Å². The molecule has 0 saturated heterocycles. The van der Waals surface area contributed by atoms with E-state index in [4.69, 9.17) is 0 Å².